The van der Waals surface area contributed by atoms with Crippen LogP contribution in [0.15, 0.2) is 53.7 Å². The van der Waals surface area contributed by atoms with E-state index in [2.05, 4.69) is 15.5 Å². The molecule has 0 radical (unpaired) electrons. The largest absolute Gasteiger partial charge is 0.497 e. The molecule has 0 aliphatic rings. The van der Waals surface area contributed by atoms with Gasteiger partial charge in [-0.3, -0.25) is 4.79 Å². The van der Waals surface area contributed by atoms with Crippen molar-refractivity contribution in [3.8, 4) is 5.75 Å². The second kappa shape index (κ2) is 8.92. The summed E-state index contributed by atoms with van der Waals surface area (Å²) in [6, 6.07) is 14.5. The predicted molar refractivity (Wildman–Crippen MR) is 108 cm³/mol. The molecular weight excluding hydrogens is 384 g/mol. The third kappa shape index (κ3) is 5.02. The molecule has 0 saturated heterocycles. The number of carbonyl (C=O) groups is 1. The van der Waals surface area contributed by atoms with Crippen molar-refractivity contribution in [3.05, 3.63) is 64.9 Å². The predicted octanol–water partition coefficient (Wildman–Crippen LogP) is 4.06. The summed E-state index contributed by atoms with van der Waals surface area (Å²) in [6.07, 6.45) is 0. The minimum Gasteiger partial charge on any atom is -0.497 e. The van der Waals surface area contributed by atoms with E-state index in [1.54, 1.807) is 31.4 Å². The number of carbonyl (C=O) groups excluding carboxylic acids is 1. The van der Waals surface area contributed by atoms with Gasteiger partial charge in [0.05, 0.1) is 19.4 Å². The highest BCUT2D eigenvalue weighted by Gasteiger charge is 2.12. The number of rotatable bonds is 8. The number of methoxy groups -OCH3 is 1. The van der Waals surface area contributed by atoms with E-state index in [0.29, 0.717) is 28.0 Å². The Balaban J connectivity index is 1.56. The Morgan fingerprint density at radius 1 is 1.15 bits per heavy atom. The number of anilines is 1. The number of hydrogen-bond donors (Lipinski definition) is 1. The zero-order valence-corrected chi connectivity index (χ0v) is 16.5. The maximum Gasteiger partial charge on any atom is 0.191 e. The van der Waals surface area contributed by atoms with E-state index in [9.17, 15) is 4.79 Å². The first-order chi connectivity index (χ1) is 13.1. The van der Waals surface area contributed by atoms with Crippen LogP contribution >= 0.6 is 23.4 Å². The lowest BCUT2D eigenvalue weighted by molar-refractivity contribution is 0.102. The van der Waals surface area contributed by atoms with Gasteiger partial charge in [0.25, 0.3) is 0 Å². The highest BCUT2D eigenvalue weighted by Crippen LogP contribution is 2.20. The molecule has 0 aliphatic carbocycles. The first-order valence-corrected chi connectivity index (χ1v) is 9.61. The summed E-state index contributed by atoms with van der Waals surface area (Å²) < 4.78 is 6.99. The van der Waals surface area contributed by atoms with Crippen molar-refractivity contribution < 1.29 is 9.53 Å². The molecule has 0 atom stereocenters. The zero-order valence-electron chi connectivity index (χ0n) is 15.0. The number of ether oxygens (including phenoxy) is 1. The smallest absolute Gasteiger partial charge is 0.191 e. The molecule has 0 bridgehead atoms. The van der Waals surface area contributed by atoms with Crippen molar-refractivity contribution in [1.82, 2.24) is 14.8 Å². The summed E-state index contributed by atoms with van der Waals surface area (Å²) in [5.74, 6) is 1.84. The van der Waals surface area contributed by atoms with Crippen LogP contribution in [-0.2, 0) is 13.6 Å². The summed E-state index contributed by atoms with van der Waals surface area (Å²) in [4.78, 5) is 12.3. The third-order valence-electron chi connectivity index (χ3n) is 3.96. The second-order valence-electron chi connectivity index (χ2n) is 5.76. The lowest BCUT2D eigenvalue weighted by Crippen LogP contribution is -2.07. The van der Waals surface area contributed by atoms with Gasteiger partial charge in [0.2, 0.25) is 0 Å². The number of benzene rings is 2. The summed E-state index contributed by atoms with van der Waals surface area (Å²) in [5, 5.41) is 13.0. The van der Waals surface area contributed by atoms with Crippen LogP contribution in [0.3, 0.4) is 0 Å². The topological polar surface area (TPSA) is 69.0 Å². The van der Waals surface area contributed by atoms with Gasteiger partial charge in [-0.1, -0.05) is 23.4 Å². The number of aromatic nitrogens is 3. The molecule has 1 N–H and O–H groups in total. The first kappa shape index (κ1) is 19.3. The number of halogens is 1. The van der Waals surface area contributed by atoms with E-state index >= 15 is 0 Å². The standard InChI is InChI=1S/C19H19ClN4O2S/c1-24-18(11-21-15-7-5-14(20)6-8-15)22-23-19(24)27-12-17(25)13-3-9-16(26-2)10-4-13/h3-10,21H,11-12H2,1-2H3. The monoisotopic (exact) mass is 402 g/mol. The normalized spacial score (nSPS) is 10.6. The Morgan fingerprint density at radius 2 is 1.85 bits per heavy atom. The Morgan fingerprint density at radius 3 is 2.52 bits per heavy atom. The van der Waals surface area contributed by atoms with Crippen molar-refractivity contribution in [2.45, 2.75) is 11.7 Å². The van der Waals surface area contributed by atoms with Crippen molar-refractivity contribution in [2.24, 2.45) is 7.05 Å². The Bertz CT molecular complexity index is 910. The van der Waals surface area contributed by atoms with Gasteiger partial charge in [0, 0.05) is 23.3 Å². The lowest BCUT2D eigenvalue weighted by Gasteiger charge is -2.07. The van der Waals surface area contributed by atoms with Crippen LogP contribution in [-0.4, -0.2) is 33.4 Å². The maximum atomic E-state index is 12.3. The summed E-state index contributed by atoms with van der Waals surface area (Å²) in [6.45, 7) is 0.526. The van der Waals surface area contributed by atoms with Crippen molar-refractivity contribution in [3.63, 3.8) is 0 Å². The molecule has 8 heteroatoms. The Hall–Kier alpha value is -2.51. The average molecular weight is 403 g/mol. The second-order valence-corrected chi connectivity index (χ2v) is 7.14. The number of ketones is 1. The highest BCUT2D eigenvalue weighted by molar-refractivity contribution is 7.99. The van der Waals surface area contributed by atoms with E-state index in [0.717, 1.165) is 17.3 Å². The maximum absolute atomic E-state index is 12.3. The molecule has 27 heavy (non-hydrogen) atoms. The third-order valence-corrected chi connectivity index (χ3v) is 5.24. The molecule has 0 saturated carbocycles. The number of hydrogen-bond acceptors (Lipinski definition) is 6. The quantitative estimate of drug-likeness (QED) is 0.452. The first-order valence-electron chi connectivity index (χ1n) is 8.24. The number of nitrogens with zero attached hydrogens (tertiary/aromatic N) is 3. The van der Waals surface area contributed by atoms with Gasteiger partial charge < -0.3 is 14.6 Å². The average Bonchev–Trinajstić information content (AvgIpc) is 3.05. The van der Waals surface area contributed by atoms with E-state index in [-0.39, 0.29) is 5.78 Å². The van der Waals surface area contributed by atoms with Crippen LogP contribution in [0.2, 0.25) is 5.02 Å². The van der Waals surface area contributed by atoms with Gasteiger partial charge >= 0.3 is 0 Å². The molecule has 6 nitrogen and oxygen atoms in total. The van der Waals surface area contributed by atoms with E-state index in [1.807, 2.05) is 35.9 Å². The Kier molecular flexibility index (Phi) is 6.36. The van der Waals surface area contributed by atoms with Gasteiger partial charge in [-0.2, -0.15) is 0 Å². The molecule has 0 spiro atoms. The molecule has 0 amide bonds. The molecule has 0 aliphatic heterocycles. The van der Waals surface area contributed by atoms with Gasteiger partial charge in [-0.25, -0.2) is 0 Å². The minimum atomic E-state index is 0.0338. The van der Waals surface area contributed by atoms with Crippen molar-refractivity contribution in [2.75, 3.05) is 18.2 Å². The molecule has 1 aromatic heterocycles. The lowest BCUT2D eigenvalue weighted by atomic mass is 10.1. The summed E-state index contributed by atoms with van der Waals surface area (Å²) in [7, 11) is 3.49. The van der Waals surface area contributed by atoms with Gasteiger partial charge in [-0.15, -0.1) is 10.2 Å². The Labute approximate surface area is 166 Å². The van der Waals surface area contributed by atoms with Crippen LogP contribution < -0.4 is 10.1 Å². The molecule has 0 fully saturated rings. The number of thioether (sulfide) groups is 1. The van der Waals surface area contributed by atoms with Crippen LogP contribution in [0, 0.1) is 0 Å². The molecular formula is C19H19ClN4O2S. The van der Waals surface area contributed by atoms with Crippen LogP contribution in [0.4, 0.5) is 5.69 Å². The summed E-state index contributed by atoms with van der Waals surface area (Å²) in [5.41, 5.74) is 1.60. The molecule has 0 unspecified atom stereocenters. The molecule has 1 heterocycles. The van der Waals surface area contributed by atoms with Crippen LogP contribution in [0.1, 0.15) is 16.2 Å². The van der Waals surface area contributed by atoms with Crippen molar-refractivity contribution >= 4 is 34.8 Å². The van der Waals surface area contributed by atoms with E-state index in [1.165, 1.54) is 11.8 Å². The van der Waals surface area contributed by atoms with E-state index < -0.39 is 0 Å². The number of Topliss-reactive ketones (excluding diaryl/α,β-unsaturated/α-hetero) is 1. The highest BCUT2D eigenvalue weighted by atomic mass is 35.5. The van der Waals surface area contributed by atoms with Crippen LogP contribution in [0.25, 0.3) is 0 Å². The number of nitrogens with one attached hydrogen (secondary N) is 1. The zero-order chi connectivity index (χ0) is 19.2. The summed E-state index contributed by atoms with van der Waals surface area (Å²) >= 11 is 7.25. The fourth-order valence-corrected chi connectivity index (χ4v) is 3.31. The molecule has 3 aromatic rings. The molecule has 3 rings (SSSR count). The van der Waals surface area contributed by atoms with Gasteiger partial charge in [-0.05, 0) is 48.5 Å². The SMILES string of the molecule is COc1ccc(C(=O)CSc2nnc(CNc3ccc(Cl)cc3)n2C)cc1. The van der Waals surface area contributed by atoms with Crippen LogP contribution in [0.5, 0.6) is 5.75 Å². The van der Waals surface area contributed by atoms with Crippen molar-refractivity contribution in [1.29, 1.82) is 0 Å². The van der Waals surface area contributed by atoms with Gasteiger partial charge in [0.1, 0.15) is 5.75 Å². The molecule has 2 aromatic carbocycles. The fraction of sp³-hybridized carbons (Fsp3) is 0.211. The fourth-order valence-electron chi connectivity index (χ4n) is 2.36. The van der Waals surface area contributed by atoms with E-state index in [4.69, 9.17) is 16.3 Å². The minimum absolute atomic E-state index is 0.0338. The van der Waals surface area contributed by atoms with Gasteiger partial charge in [0.15, 0.2) is 16.8 Å². The molecule has 140 valence electrons.